The summed E-state index contributed by atoms with van der Waals surface area (Å²) >= 11 is 0. The summed E-state index contributed by atoms with van der Waals surface area (Å²) in [4.78, 5) is 49.6. The maximum atomic E-state index is 12.5. The molecule has 1 saturated heterocycles. The zero-order chi connectivity index (χ0) is 24.4. The Bertz CT molecular complexity index is 825. The van der Waals surface area contributed by atoms with Gasteiger partial charge in [0, 0.05) is 37.7 Å². The highest BCUT2D eigenvalue weighted by Crippen LogP contribution is 2.15. The lowest BCUT2D eigenvalue weighted by Gasteiger charge is -2.32. The number of amides is 3. The number of benzene rings is 1. The van der Waals surface area contributed by atoms with Crippen molar-refractivity contribution in [1.29, 1.82) is 0 Å². The van der Waals surface area contributed by atoms with Crippen LogP contribution in [-0.4, -0.2) is 66.8 Å². The van der Waals surface area contributed by atoms with Crippen molar-refractivity contribution in [1.82, 2.24) is 15.5 Å². The molecule has 1 aliphatic heterocycles. The van der Waals surface area contributed by atoms with Crippen LogP contribution < -0.4 is 15.4 Å². The minimum atomic E-state index is -0.795. The Morgan fingerprint density at radius 2 is 1.70 bits per heavy atom. The van der Waals surface area contributed by atoms with Gasteiger partial charge >= 0.3 is 12.2 Å². The summed E-state index contributed by atoms with van der Waals surface area (Å²) in [6.07, 6.45) is 0.132. The summed E-state index contributed by atoms with van der Waals surface area (Å²) in [6, 6.07) is 6.15. The number of nitrogens with zero attached hydrogens (tertiary/aromatic N) is 1. The molecule has 0 saturated carbocycles. The summed E-state index contributed by atoms with van der Waals surface area (Å²) in [6.45, 7) is 8.49. The second kappa shape index (κ2) is 12.1. The van der Waals surface area contributed by atoms with Crippen LogP contribution in [0.3, 0.4) is 0 Å². The first kappa shape index (κ1) is 26.0. The first-order valence-electron chi connectivity index (χ1n) is 11.1. The average molecular weight is 464 g/mol. The third kappa shape index (κ3) is 9.38. The summed E-state index contributed by atoms with van der Waals surface area (Å²) in [5.41, 5.74) is -0.142. The molecule has 33 heavy (non-hydrogen) atoms. The molecule has 1 aliphatic rings. The summed E-state index contributed by atoms with van der Waals surface area (Å²) in [5.74, 6) is 0.00928. The van der Waals surface area contributed by atoms with E-state index in [2.05, 4.69) is 10.6 Å². The molecule has 1 heterocycles. The lowest BCUT2D eigenvalue weighted by molar-refractivity contribution is -0.132. The largest absolute Gasteiger partial charge is 0.513 e. The highest BCUT2D eigenvalue weighted by Gasteiger charge is 2.24. The van der Waals surface area contributed by atoms with Crippen LogP contribution in [0.5, 0.6) is 5.75 Å². The van der Waals surface area contributed by atoms with Crippen molar-refractivity contribution in [3.8, 4) is 5.75 Å². The normalized spacial score (nSPS) is 14.2. The number of likely N-dealkylation sites (tertiary alicyclic amines) is 1. The van der Waals surface area contributed by atoms with E-state index < -0.39 is 17.8 Å². The predicted octanol–water partition coefficient (Wildman–Crippen LogP) is 2.86. The van der Waals surface area contributed by atoms with Gasteiger partial charge in [0.2, 0.25) is 5.91 Å². The van der Waals surface area contributed by atoms with Crippen molar-refractivity contribution < 1.29 is 33.4 Å². The lowest BCUT2D eigenvalue weighted by Crippen LogP contribution is -2.47. The standard InChI is InChI=1S/C23H33N3O7/c1-5-31-22(30)32-18-8-6-16(7-9-18)20(28)25-17-11-14-26(15-12-17)19(27)10-13-24-21(29)33-23(2,3)4/h6-9,17H,5,10-15H2,1-4H3,(H,24,29)(H,25,28). The van der Waals surface area contributed by atoms with E-state index in [1.165, 1.54) is 12.1 Å². The van der Waals surface area contributed by atoms with Gasteiger partial charge in [-0.2, -0.15) is 0 Å². The fourth-order valence-corrected chi connectivity index (χ4v) is 3.20. The minimum absolute atomic E-state index is 0.0445. The Balaban J connectivity index is 1.70. The van der Waals surface area contributed by atoms with Crippen molar-refractivity contribution in [2.45, 2.75) is 58.6 Å². The maximum absolute atomic E-state index is 12.5. The molecule has 0 bridgehead atoms. The number of ether oxygens (including phenoxy) is 3. The van der Waals surface area contributed by atoms with Crippen molar-refractivity contribution in [2.24, 2.45) is 0 Å². The molecule has 0 aromatic heterocycles. The van der Waals surface area contributed by atoms with Crippen LogP contribution in [0, 0.1) is 0 Å². The number of nitrogens with one attached hydrogen (secondary N) is 2. The van der Waals surface area contributed by atoms with E-state index in [9.17, 15) is 19.2 Å². The molecule has 1 aromatic rings. The van der Waals surface area contributed by atoms with Crippen LogP contribution in [0.4, 0.5) is 9.59 Å². The first-order valence-corrected chi connectivity index (χ1v) is 11.1. The Morgan fingerprint density at radius 1 is 1.06 bits per heavy atom. The second-order valence-electron chi connectivity index (χ2n) is 8.62. The molecule has 182 valence electrons. The number of carbonyl (C=O) groups excluding carboxylic acids is 4. The topological polar surface area (TPSA) is 123 Å². The Morgan fingerprint density at radius 3 is 2.27 bits per heavy atom. The quantitative estimate of drug-likeness (QED) is 0.471. The molecule has 3 amide bonds. The SMILES string of the molecule is CCOC(=O)Oc1ccc(C(=O)NC2CCN(C(=O)CCNC(=O)OC(C)(C)C)CC2)cc1. The lowest BCUT2D eigenvalue weighted by atomic mass is 10.0. The molecule has 1 aromatic carbocycles. The summed E-state index contributed by atoms with van der Waals surface area (Å²) in [5, 5.41) is 5.55. The molecular weight excluding hydrogens is 430 g/mol. The summed E-state index contributed by atoms with van der Waals surface area (Å²) < 4.78 is 14.8. The molecular formula is C23H33N3O7. The van der Waals surface area contributed by atoms with Gasteiger partial charge in [0.15, 0.2) is 0 Å². The van der Waals surface area contributed by atoms with Crippen molar-refractivity contribution in [3.63, 3.8) is 0 Å². The van der Waals surface area contributed by atoms with Crippen LogP contribution in [-0.2, 0) is 14.3 Å². The molecule has 1 fully saturated rings. The van der Waals surface area contributed by atoms with Gasteiger partial charge in [-0.05, 0) is 64.8 Å². The van der Waals surface area contributed by atoms with Gasteiger partial charge in [-0.15, -0.1) is 0 Å². The minimum Gasteiger partial charge on any atom is -0.444 e. The zero-order valence-corrected chi connectivity index (χ0v) is 19.6. The smallest absolute Gasteiger partial charge is 0.444 e. The van der Waals surface area contributed by atoms with Gasteiger partial charge in [0.1, 0.15) is 11.4 Å². The zero-order valence-electron chi connectivity index (χ0n) is 19.6. The Hall–Kier alpha value is -3.30. The molecule has 0 unspecified atom stereocenters. The van der Waals surface area contributed by atoms with Crippen LogP contribution in [0.15, 0.2) is 24.3 Å². The number of carbonyl (C=O) groups is 4. The van der Waals surface area contributed by atoms with Gasteiger partial charge < -0.3 is 29.7 Å². The number of hydrogen-bond acceptors (Lipinski definition) is 7. The molecule has 10 heteroatoms. The van der Waals surface area contributed by atoms with Crippen LogP contribution >= 0.6 is 0 Å². The fourth-order valence-electron chi connectivity index (χ4n) is 3.20. The fraction of sp³-hybridized carbons (Fsp3) is 0.565. The Kier molecular flexibility index (Phi) is 9.50. The van der Waals surface area contributed by atoms with E-state index in [4.69, 9.17) is 14.2 Å². The second-order valence-corrected chi connectivity index (χ2v) is 8.62. The van der Waals surface area contributed by atoms with Crippen molar-refractivity contribution >= 4 is 24.1 Å². The van der Waals surface area contributed by atoms with Gasteiger partial charge in [-0.3, -0.25) is 9.59 Å². The average Bonchev–Trinajstić information content (AvgIpc) is 2.73. The van der Waals surface area contributed by atoms with Crippen LogP contribution in [0.2, 0.25) is 0 Å². The predicted molar refractivity (Wildman–Crippen MR) is 120 cm³/mol. The van der Waals surface area contributed by atoms with Crippen LogP contribution in [0.1, 0.15) is 57.3 Å². The molecule has 0 radical (unpaired) electrons. The maximum Gasteiger partial charge on any atom is 0.513 e. The van der Waals surface area contributed by atoms with Crippen LogP contribution in [0.25, 0.3) is 0 Å². The van der Waals surface area contributed by atoms with E-state index in [-0.39, 0.29) is 43.2 Å². The van der Waals surface area contributed by atoms with E-state index in [1.807, 2.05) is 0 Å². The monoisotopic (exact) mass is 463 g/mol. The van der Waals surface area contributed by atoms with E-state index in [0.717, 1.165) is 0 Å². The first-order chi connectivity index (χ1) is 15.6. The van der Waals surface area contributed by atoms with Crippen molar-refractivity contribution in [2.75, 3.05) is 26.2 Å². The number of hydrogen-bond donors (Lipinski definition) is 2. The summed E-state index contributed by atoms with van der Waals surface area (Å²) in [7, 11) is 0. The number of piperidine rings is 1. The van der Waals surface area contributed by atoms with Gasteiger partial charge in [-0.1, -0.05) is 0 Å². The van der Waals surface area contributed by atoms with Gasteiger partial charge in [0.05, 0.1) is 6.61 Å². The third-order valence-corrected chi connectivity index (χ3v) is 4.77. The number of rotatable bonds is 7. The van der Waals surface area contributed by atoms with Gasteiger partial charge in [-0.25, -0.2) is 9.59 Å². The third-order valence-electron chi connectivity index (χ3n) is 4.77. The molecule has 0 atom stereocenters. The molecule has 2 N–H and O–H groups in total. The molecule has 2 rings (SSSR count). The van der Waals surface area contributed by atoms with Crippen molar-refractivity contribution in [3.05, 3.63) is 29.8 Å². The van der Waals surface area contributed by atoms with Gasteiger partial charge in [0.25, 0.3) is 5.91 Å². The number of alkyl carbamates (subject to hydrolysis) is 1. The Labute approximate surface area is 193 Å². The molecule has 0 aliphatic carbocycles. The molecule has 10 nitrogen and oxygen atoms in total. The molecule has 0 spiro atoms. The van der Waals surface area contributed by atoms with E-state index >= 15 is 0 Å². The highest BCUT2D eigenvalue weighted by atomic mass is 16.7. The highest BCUT2D eigenvalue weighted by molar-refractivity contribution is 5.94. The van der Waals surface area contributed by atoms with E-state index in [1.54, 1.807) is 44.7 Å². The van der Waals surface area contributed by atoms with E-state index in [0.29, 0.717) is 31.5 Å².